The molecule has 1 aromatic carbocycles. The van der Waals surface area contributed by atoms with Gasteiger partial charge in [-0.05, 0) is 25.1 Å². The molecule has 0 aliphatic carbocycles. The SMILES string of the molecule is COC(=O)CCCN1CCN(c2c(F)cc(C#N)cc2F)CC1. The summed E-state index contributed by atoms with van der Waals surface area (Å²) in [6, 6.07) is 3.85. The summed E-state index contributed by atoms with van der Waals surface area (Å²) in [5, 5.41) is 8.73. The van der Waals surface area contributed by atoms with Crippen LogP contribution in [0, 0.1) is 23.0 Å². The third-order valence-corrected chi connectivity index (χ3v) is 3.92. The summed E-state index contributed by atoms with van der Waals surface area (Å²) >= 11 is 0. The van der Waals surface area contributed by atoms with Crippen LogP contribution in [0.2, 0.25) is 0 Å². The number of hydrogen-bond donors (Lipinski definition) is 0. The normalized spacial score (nSPS) is 15.3. The van der Waals surface area contributed by atoms with Crippen molar-refractivity contribution in [2.75, 3.05) is 44.7 Å². The number of halogens is 2. The minimum absolute atomic E-state index is 0.0230. The molecule has 0 N–H and O–H groups in total. The van der Waals surface area contributed by atoms with Crippen molar-refractivity contribution >= 4 is 11.7 Å². The van der Waals surface area contributed by atoms with Gasteiger partial charge < -0.3 is 9.64 Å². The van der Waals surface area contributed by atoms with Crippen LogP contribution in [0.5, 0.6) is 0 Å². The Morgan fingerprint density at radius 2 is 1.87 bits per heavy atom. The Bertz CT molecular complexity index is 585. The van der Waals surface area contributed by atoms with Gasteiger partial charge in [0.1, 0.15) is 5.69 Å². The summed E-state index contributed by atoms with van der Waals surface area (Å²) in [5.41, 5.74) is -0.0941. The maximum Gasteiger partial charge on any atom is 0.305 e. The van der Waals surface area contributed by atoms with Crippen LogP contribution < -0.4 is 4.90 Å². The summed E-state index contributed by atoms with van der Waals surface area (Å²) in [4.78, 5) is 14.9. The van der Waals surface area contributed by atoms with Gasteiger partial charge in [-0.2, -0.15) is 5.26 Å². The highest BCUT2D eigenvalue weighted by atomic mass is 19.1. The van der Waals surface area contributed by atoms with Crippen LogP contribution in [0.3, 0.4) is 0 Å². The molecule has 1 aliphatic rings. The molecule has 2 rings (SSSR count). The van der Waals surface area contributed by atoms with Crippen molar-refractivity contribution in [3.63, 3.8) is 0 Å². The number of carbonyl (C=O) groups is 1. The number of methoxy groups -OCH3 is 1. The highest BCUT2D eigenvalue weighted by molar-refractivity contribution is 5.69. The highest BCUT2D eigenvalue weighted by Crippen LogP contribution is 2.26. The highest BCUT2D eigenvalue weighted by Gasteiger charge is 2.23. The van der Waals surface area contributed by atoms with Crippen molar-refractivity contribution in [1.29, 1.82) is 5.26 Å². The molecule has 1 saturated heterocycles. The minimum atomic E-state index is -0.708. The predicted molar refractivity (Wildman–Crippen MR) is 81.0 cm³/mol. The average Bonchev–Trinajstić information content (AvgIpc) is 2.55. The Hall–Kier alpha value is -2.20. The fraction of sp³-hybridized carbons (Fsp3) is 0.500. The zero-order valence-electron chi connectivity index (χ0n) is 13.0. The van der Waals surface area contributed by atoms with E-state index >= 15 is 0 Å². The van der Waals surface area contributed by atoms with Crippen LogP contribution in [-0.2, 0) is 9.53 Å². The first-order chi connectivity index (χ1) is 11.0. The fourth-order valence-electron chi connectivity index (χ4n) is 2.68. The van der Waals surface area contributed by atoms with Crippen molar-refractivity contribution in [3.8, 4) is 6.07 Å². The lowest BCUT2D eigenvalue weighted by Gasteiger charge is -2.36. The lowest BCUT2D eigenvalue weighted by molar-refractivity contribution is -0.140. The van der Waals surface area contributed by atoms with E-state index in [9.17, 15) is 13.6 Å². The number of ether oxygens (including phenoxy) is 1. The molecule has 5 nitrogen and oxygen atoms in total. The lowest BCUT2D eigenvalue weighted by Crippen LogP contribution is -2.47. The molecule has 1 heterocycles. The van der Waals surface area contributed by atoms with Crippen molar-refractivity contribution < 1.29 is 18.3 Å². The first-order valence-corrected chi connectivity index (χ1v) is 7.48. The molecule has 1 fully saturated rings. The Morgan fingerprint density at radius 3 is 2.39 bits per heavy atom. The Balaban J connectivity index is 1.90. The summed E-state index contributed by atoms with van der Waals surface area (Å²) in [6.07, 6.45) is 1.07. The topological polar surface area (TPSA) is 56.6 Å². The van der Waals surface area contributed by atoms with Gasteiger partial charge in [-0.1, -0.05) is 0 Å². The molecule has 0 spiro atoms. The Morgan fingerprint density at radius 1 is 1.26 bits per heavy atom. The molecule has 7 heteroatoms. The average molecular weight is 323 g/mol. The molecule has 23 heavy (non-hydrogen) atoms. The third kappa shape index (κ3) is 4.39. The van der Waals surface area contributed by atoms with Gasteiger partial charge in [0, 0.05) is 32.6 Å². The number of nitriles is 1. The molecule has 0 atom stereocenters. The van der Waals surface area contributed by atoms with Gasteiger partial charge >= 0.3 is 5.97 Å². The number of rotatable bonds is 5. The van der Waals surface area contributed by atoms with E-state index in [-0.39, 0.29) is 17.2 Å². The molecule has 0 amide bonds. The smallest absolute Gasteiger partial charge is 0.305 e. The Labute approximate surface area is 134 Å². The van der Waals surface area contributed by atoms with E-state index in [0.717, 1.165) is 18.7 Å². The van der Waals surface area contributed by atoms with Gasteiger partial charge in [-0.15, -0.1) is 0 Å². The van der Waals surface area contributed by atoms with Gasteiger partial charge in [-0.3, -0.25) is 9.69 Å². The molecule has 0 unspecified atom stereocenters. The maximum absolute atomic E-state index is 14.0. The number of anilines is 1. The van der Waals surface area contributed by atoms with Crippen LogP contribution >= 0.6 is 0 Å². The van der Waals surface area contributed by atoms with Crippen LogP contribution in [0.25, 0.3) is 0 Å². The van der Waals surface area contributed by atoms with Crippen LogP contribution in [0.1, 0.15) is 18.4 Å². The van der Waals surface area contributed by atoms with E-state index in [1.54, 1.807) is 11.0 Å². The number of benzene rings is 1. The number of nitrogens with zero attached hydrogens (tertiary/aromatic N) is 3. The van der Waals surface area contributed by atoms with E-state index in [2.05, 4.69) is 9.64 Å². The molecule has 1 aromatic rings. The molecule has 124 valence electrons. The second kappa shape index (κ2) is 7.88. The predicted octanol–water partition coefficient (Wildman–Crippen LogP) is 1.91. The van der Waals surface area contributed by atoms with Crippen molar-refractivity contribution in [3.05, 3.63) is 29.3 Å². The van der Waals surface area contributed by atoms with Crippen LogP contribution in [0.4, 0.5) is 14.5 Å². The zero-order valence-corrected chi connectivity index (χ0v) is 13.0. The molecule has 0 saturated carbocycles. The summed E-state index contributed by atoms with van der Waals surface area (Å²) in [6.45, 7) is 3.08. The molecule has 1 aliphatic heterocycles. The van der Waals surface area contributed by atoms with E-state index in [1.807, 2.05) is 0 Å². The lowest BCUT2D eigenvalue weighted by atomic mass is 10.1. The zero-order chi connectivity index (χ0) is 16.8. The van der Waals surface area contributed by atoms with E-state index < -0.39 is 11.6 Å². The minimum Gasteiger partial charge on any atom is -0.469 e. The monoisotopic (exact) mass is 323 g/mol. The fourth-order valence-corrected chi connectivity index (χ4v) is 2.68. The Kier molecular flexibility index (Phi) is 5.88. The van der Waals surface area contributed by atoms with Crippen molar-refractivity contribution in [1.82, 2.24) is 4.90 Å². The number of piperazine rings is 1. The number of hydrogen-bond acceptors (Lipinski definition) is 5. The van der Waals surface area contributed by atoms with E-state index in [1.165, 1.54) is 7.11 Å². The molecule has 0 radical (unpaired) electrons. The molecular weight excluding hydrogens is 304 g/mol. The standard InChI is InChI=1S/C16H19F2N3O2/c1-23-15(22)3-2-4-20-5-7-21(8-6-20)16-13(17)9-12(11-19)10-14(16)18/h9-10H,2-8H2,1H3. The molecule has 0 bridgehead atoms. The van der Waals surface area contributed by atoms with Gasteiger partial charge in [0.25, 0.3) is 0 Å². The van der Waals surface area contributed by atoms with Gasteiger partial charge in [-0.25, -0.2) is 8.78 Å². The number of carbonyl (C=O) groups excluding carboxylic acids is 1. The first kappa shape index (κ1) is 17.2. The second-order valence-electron chi connectivity index (χ2n) is 5.41. The van der Waals surface area contributed by atoms with Gasteiger partial charge in [0.05, 0.1) is 18.7 Å². The summed E-state index contributed by atoms with van der Waals surface area (Å²) in [5.74, 6) is -1.65. The molecular formula is C16H19F2N3O2. The summed E-state index contributed by atoms with van der Waals surface area (Å²) in [7, 11) is 1.36. The third-order valence-electron chi connectivity index (χ3n) is 3.92. The summed E-state index contributed by atoms with van der Waals surface area (Å²) < 4.78 is 32.6. The van der Waals surface area contributed by atoms with Crippen LogP contribution in [0.15, 0.2) is 12.1 Å². The largest absolute Gasteiger partial charge is 0.469 e. The van der Waals surface area contributed by atoms with Crippen LogP contribution in [-0.4, -0.2) is 50.7 Å². The van der Waals surface area contributed by atoms with E-state index in [4.69, 9.17) is 5.26 Å². The van der Waals surface area contributed by atoms with Crippen molar-refractivity contribution in [2.45, 2.75) is 12.8 Å². The quantitative estimate of drug-likeness (QED) is 0.775. The number of esters is 1. The van der Waals surface area contributed by atoms with E-state index in [0.29, 0.717) is 39.0 Å². The second-order valence-corrected chi connectivity index (χ2v) is 5.41. The van der Waals surface area contributed by atoms with Crippen molar-refractivity contribution in [2.24, 2.45) is 0 Å². The molecule has 0 aromatic heterocycles. The van der Waals surface area contributed by atoms with Gasteiger partial charge in [0.15, 0.2) is 11.6 Å². The van der Waals surface area contributed by atoms with Gasteiger partial charge in [0.2, 0.25) is 0 Å². The maximum atomic E-state index is 14.0. The first-order valence-electron chi connectivity index (χ1n) is 7.48.